The molecule has 3 rings (SSSR count). The molecule has 0 radical (unpaired) electrons. The molecule has 0 aliphatic carbocycles. The quantitative estimate of drug-likeness (QED) is 0.836. The maximum absolute atomic E-state index is 5.84. The van der Waals surface area contributed by atoms with E-state index in [2.05, 4.69) is 22.1 Å². The number of ether oxygens (including phenoxy) is 2. The van der Waals surface area contributed by atoms with Crippen molar-refractivity contribution in [1.29, 1.82) is 0 Å². The average molecular weight is 256 g/mol. The molecule has 1 aromatic heterocycles. The summed E-state index contributed by atoms with van der Waals surface area (Å²) in [5.74, 6) is 0. The van der Waals surface area contributed by atoms with Gasteiger partial charge in [0, 0.05) is 0 Å². The molecule has 0 fully saturated rings. The average Bonchev–Trinajstić information content (AvgIpc) is 3.10. The summed E-state index contributed by atoms with van der Waals surface area (Å²) in [6.45, 7) is 1.18. The fraction of sp³-hybridized carbons (Fsp3) is 0.267. The number of aromatic nitrogens is 2. The summed E-state index contributed by atoms with van der Waals surface area (Å²) in [6, 6.07) is 10.1. The predicted octanol–water partition coefficient (Wildman–Crippen LogP) is 2.62. The number of imidazole rings is 1. The van der Waals surface area contributed by atoms with Gasteiger partial charge in [0.1, 0.15) is 12.2 Å². The lowest BCUT2D eigenvalue weighted by Gasteiger charge is -2.13. The zero-order valence-electron chi connectivity index (χ0n) is 10.5. The van der Waals surface area contributed by atoms with E-state index in [1.54, 1.807) is 12.5 Å². The SMILES string of the molecule is C1=C[C@H](c2cnc[nH]2)O[C@H]1COCc1ccccc1. The summed E-state index contributed by atoms with van der Waals surface area (Å²) in [5, 5.41) is 0. The Bertz CT molecular complexity index is 522. The number of aromatic amines is 1. The zero-order valence-corrected chi connectivity index (χ0v) is 10.5. The molecule has 1 N–H and O–H groups in total. The molecule has 1 aliphatic rings. The first-order chi connectivity index (χ1) is 9.42. The van der Waals surface area contributed by atoms with Crippen molar-refractivity contribution >= 4 is 0 Å². The smallest absolute Gasteiger partial charge is 0.118 e. The van der Waals surface area contributed by atoms with Crippen molar-refractivity contribution in [3.05, 3.63) is 66.3 Å². The number of hydrogen-bond donors (Lipinski definition) is 1. The van der Waals surface area contributed by atoms with E-state index in [9.17, 15) is 0 Å². The Hall–Kier alpha value is -1.91. The van der Waals surface area contributed by atoms with E-state index in [0.29, 0.717) is 13.2 Å². The van der Waals surface area contributed by atoms with Crippen LogP contribution in [0.4, 0.5) is 0 Å². The Labute approximate surface area is 112 Å². The fourth-order valence-electron chi connectivity index (χ4n) is 2.07. The Morgan fingerprint density at radius 1 is 1.21 bits per heavy atom. The van der Waals surface area contributed by atoms with E-state index in [1.807, 2.05) is 30.4 Å². The Balaban J connectivity index is 1.44. The summed E-state index contributed by atoms with van der Waals surface area (Å²) in [5.41, 5.74) is 2.15. The lowest BCUT2D eigenvalue weighted by atomic mass is 10.2. The van der Waals surface area contributed by atoms with Crippen LogP contribution in [0.5, 0.6) is 0 Å². The molecule has 0 saturated heterocycles. The molecule has 19 heavy (non-hydrogen) atoms. The van der Waals surface area contributed by atoms with Crippen molar-refractivity contribution in [3.8, 4) is 0 Å². The van der Waals surface area contributed by atoms with Gasteiger partial charge in [-0.2, -0.15) is 0 Å². The van der Waals surface area contributed by atoms with E-state index in [1.165, 1.54) is 5.56 Å². The molecule has 98 valence electrons. The molecule has 2 atom stereocenters. The van der Waals surface area contributed by atoms with Gasteiger partial charge in [0.05, 0.1) is 31.4 Å². The molecule has 0 amide bonds. The summed E-state index contributed by atoms with van der Waals surface area (Å²) >= 11 is 0. The van der Waals surface area contributed by atoms with Crippen LogP contribution in [0.3, 0.4) is 0 Å². The minimum absolute atomic E-state index is 0.0111. The van der Waals surface area contributed by atoms with Crippen LogP contribution in [0.1, 0.15) is 17.4 Å². The number of rotatable bonds is 5. The van der Waals surface area contributed by atoms with Gasteiger partial charge >= 0.3 is 0 Å². The Kier molecular flexibility index (Phi) is 3.72. The van der Waals surface area contributed by atoms with Crippen LogP contribution in [0, 0.1) is 0 Å². The lowest BCUT2D eigenvalue weighted by molar-refractivity contribution is -0.00993. The molecule has 2 aromatic rings. The molecular weight excluding hydrogens is 240 g/mol. The van der Waals surface area contributed by atoms with Crippen molar-refractivity contribution in [2.45, 2.75) is 18.8 Å². The van der Waals surface area contributed by atoms with Gasteiger partial charge in [-0.25, -0.2) is 4.98 Å². The highest BCUT2D eigenvalue weighted by molar-refractivity contribution is 5.15. The maximum atomic E-state index is 5.84. The Morgan fingerprint density at radius 3 is 2.89 bits per heavy atom. The standard InChI is InChI=1S/C15H16N2O2/c1-2-4-12(5-3-1)9-18-10-13-6-7-15(19-13)14-8-16-11-17-14/h1-8,11,13,15H,9-10H2,(H,16,17)/t13-,15-/m1/s1. The van der Waals surface area contributed by atoms with E-state index in [4.69, 9.17) is 9.47 Å². The normalized spacial score (nSPS) is 21.9. The minimum atomic E-state index is -0.0344. The monoisotopic (exact) mass is 256 g/mol. The van der Waals surface area contributed by atoms with E-state index in [0.717, 1.165) is 5.69 Å². The second-order valence-corrected chi connectivity index (χ2v) is 4.49. The van der Waals surface area contributed by atoms with Crippen LogP contribution >= 0.6 is 0 Å². The molecule has 0 unspecified atom stereocenters. The summed E-state index contributed by atoms with van der Waals surface area (Å²) in [4.78, 5) is 7.05. The van der Waals surface area contributed by atoms with Crippen molar-refractivity contribution < 1.29 is 9.47 Å². The highest BCUT2D eigenvalue weighted by atomic mass is 16.5. The number of hydrogen-bond acceptors (Lipinski definition) is 3. The first-order valence-corrected chi connectivity index (χ1v) is 6.35. The zero-order chi connectivity index (χ0) is 12.9. The minimum Gasteiger partial charge on any atom is -0.374 e. The van der Waals surface area contributed by atoms with Gasteiger partial charge in [-0.3, -0.25) is 0 Å². The van der Waals surface area contributed by atoms with Gasteiger partial charge in [-0.1, -0.05) is 42.5 Å². The molecule has 1 aromatic carbocycles. The van der Waals surface area contributed by atoms with Crippen LogP contribution in [-0.4, -0.2) is 22.7 Å². The summed E-state index contributed by atoms with van der Waals surface area (Å²) in [7, 11) is 0. The highest BCUT2D eigenvalue weighted by Crippen LogP contribution is 2.24. The predicted molar refractivity (Wildman–Crippen MR) is 71.4 cm³/mol. The Morgan fingerprint density at radius 2 is 2.11 bits per heavy atom. The summed E-state index contributed by atoms with van der Waals surface area (Å²) in [6.07, 6.45) is 7.49. The van der Waals surface area contributed by atoms with Crippen molar-refractivity contribution in [2.24, 2.45) is 0 Å². The van der Waals surface area contributed by atoms with Gasteiger partial charge < -0.3 is 14.5 Å². The van der Waals surface area contributed by atoms with E-state index < -0.39 is 0 Å². The molecule has 2 heterocycles. The molecular formula is C15H16N2O2. The van der Waals surface area contributed by atoms with Crippen LogP contribution in [0.25, 0.3) is 0 Å². The third kappa shape index (κ3) is 3.10. The highest BCUT2D eigenvalue weighted by Gasteiger charge is 2.21. The lowest BCUT2D eigenvalue weighted by Crippen LogP contribution is -2.15. The van der Waals surface area contributed by atoms with Gasteiger partial charge in [0.15, 0.2) is 0 Å². The van der Waals surface area contributed by atoms with Crippen LogP contribution in [0.15, 0.2) is 55.0 Å². The van der Waals surface area contributed by atoms with E-state index in [-0.39, 0.29) is 12.2 Å². The number of benzene rings is 1. The number of nitrogens with zero attached hydrogens (tertiary/aromatic N) is 1. The van der Waals surface area contributed by atoms with Gasteiger partial charge in [0.25, 0.3) is 0 Å². The van der Waals surface area contributed by atoms with Crippen LogP contribution in [-0.2, 0) is 16.1 Å². The number of nitrogens with one attached hydrogen (secondary N) is 1. The first kappa shape index (κ1) is 12.1. The second kappa shape index (κ2) is 5.82. The van der Waals surface area contributed by atoms with Crippen molar-refractivity contribution in [1.82, 2.24) is 9.97 Å². The van der Waals surface area contributed by atoms with Crippen molar-refractivity contribution in [2.75, 3.05) is 6.61 Å². The molecule has 4 heteroatoms. The molecule has 4 nitrogen and oxygen atoms in total. The van der Waals surface area contributed by atoms with Gasteiger partial charge in [-0.15, -0.1) is 0 Å². The molecule has 1 aliphatic heterocycles. The molecule has 0 bridgehead atoms. The van der Waals surface area contributed by atoms with Crippen LogP contribution in [0.2, 0.25) is 0 Å². The molecule has 0 spiro atoms. The second-order valence-electron chi connectivity index (χ2n) is 4.49. The maximum Gasteiger partial charge on any atom is 0.118 e. The third-order valence-corrected chi connectivity index (χ3v) is 3.04. The largest absolute Gasteiger partial charge is 0.374 e. The van der Waals surface area contributed by atoms with E-state index >= 15 is 0 Å². The van der Waals surface area contributed by atoms with Gasteiger partial charge in [0.2, 0.25) is 0 Å². The van der Waals surface area contributed by atoms with Crippen molar-refractivity contribution in [3.63, 3.8) is 0 Å². The topological polar surface area (TPSA) is 47.1 Å². The number of H-pyrrole nitrogens is 1. The third-order valence-electron chi connectivity index (χ3n) is 3.04. The molecule has 0 saturated carbocycles. The van der Waals surface area contributed by atoms with Crippen LogP contribution < -0.4 is 0 Å². The fourth-order valence-corrected chi connectivity index (χ4v) is 2.07. The first-order valence-electron chi connectivity index (χ1n) is 6.35. The summed E-state index contributed by atoms with van der Waals surface area (Å²) < 4.78 is 11.5. The van der Waals surface area contributed by atoms with Gasteiger partial charge in [-0.05, 0) is 5.56 Å².